The van der Waals surface area contributed by atoms with E-state index < -0.39 is 0 Å². The highest BCUT2D eigenvalue weighted by Crippen LogP contribution is 2.43. The van der Waals surface area contributed by atoms with Crippen molar-refractivity contribution in [3.63, 3.8) is 0 Å². The highest BCUT2D eigenvalue weighted by atomic mass is 16.5. The largest absolute Gasteiger partial charge is 0.467 e. The zero-order chi connectivity index (χ0) is 36.4. The lowest BCUT2D eigenvalue weighted by molar-refractivity contribution is 0.197. The van der Waals surface area contributed by atoms with Crippen molar-refractivity contribution in [2.75, 3.05) is 0 Å². The molecule has 0 amide bonds. The van der Waals surface area contributed by atoms with Crippen LogP contribution >= 0.6 is 0 Å². The Morgan fingerprint density at radius 1 is 0.615 bits per heavy atom. The van der Waals surface area contributed by atoms with Crippen molar-refractivity contribution in [1.29, 1.82) is 0 Å². The molecule has 8 rings (SSSR count). The van der Waals surface area contributed by atoms with Gasteiger partial charge in [-0.25, -0.2) is 4.99 Å². The average molecular weight is 682 g/mol. The molecule has 7 aromatic rings. The molecule has 0 spiro atoms. The number of pyridine rings is 1. The minimum absolute atomic E-state index is 0.0238. The minimum atomic E-state index is -0.224. The number of ether oxygens (including phenoxy) is 1. The first kappa shape index (κ1) is 33.7. The molecular formula is C48H47N3O. The maximum absolute atomic E-state index is 6.90. The quantitative estimate of drug-likeness (QED) is 0.181. The molecule has 2 aromatic heterocycles. The van der Waals surface area contributed by atoms with Crippen LogP contribution in [0, 0.1) is 13.8 Å². The fraction of sp³-hybridized carbons (Fsp3) is 0.250. The second-order valence-electron chi connectivity index (χ2n) is 16.5. The number of fused-ring (bicyclic) bond motifs is 3. The minimum Gasteiger partial charge on any atom is -0.467 e. The third-order valence-corrected chi connectivity index (χ3v) is 10.5. The predicted octanol–water partition coefficient (Wildman–Crippen LogP) is 12.3. The summed E-state index contributed by atoms with van der Waals surface area (Å²) in [7, 11) is 0. The molecule has 0 N–H and O–H groups in total. The summed E-state index contributed by atoms with van der Waals surface area (Å²) in [6.07, 6.45) is 1.73. The lowest BCUT2D eigenvalue weighted by atomic mass is 9.85. The monoisotopic (exact) mass is 681 g/mol. The van der Waals surface area contributed by atoms with Crippen LogP contribution < -0.4 is 0 Å². The van der Waals surface area contributed by atoms with E-state index in [4.69, 9.17) is 14.7 Å². The molecule has 3 heterocycles. The predicted molar refractivity (Wildman–Crippen MR) is 217 cm³/mol. The molecular weight excluding hydrogens is 635 g/mol. The van der Waals surface area contributed by atoms with Crippen molar-refractivity contribution >= 4 is 27.7 Å². The molecule has 1 aliphatic heterocycles. The molecule has 2 atom stereocenters. The van der Waals surface area contributed by atoms with Crippen molar-refractivity contribution < 1.29 is 4.74 Å². The van der Waals surface area contributed by atoms with E-state index in [0.29, 0.717) is 5.90 Å². The second kappa shape index (κ2) is 12.6. The van der Waals surface area contributed by atoms with E-state index in [1.807, 2.05) is 12.3 Å². The van der Waals surface area contributed by atoms with Crippen molar-refractivity contribution in [2.45, 2.75) is 78.4 Å². The number of hydrogen-bond acceptors (Lipinski definition) is 3. The van der Waals surface area contributed by atoms with Gasteiger partial charge in [-0.1, -0.05) is 114 Å². The zero-order valence-corrected chi connectivity index (χ0v) is 31.5. The molecule has 0 saturated carbocycles. The smallest absolute Gasteiger partial charge is 0.217 e. The third kappa shape index (κ3) is 6.11. The van der Waals surface area contributed by atoms with Gasteiger partial charge in [0.1, 0.15) is 6.04 Å². The summed E-state index contributed by atoms with van der Waals surface area (Å²) in [5.41, 5.74) is 13.6. The van der Waals surface area contributed by atoms with Crippen molar-refractivity contribution in [1.82, 2.24) is 9.55 Å². The first-order chi connectivity index (χ1) is 24.8. The number of hydrogen-bond donors (Lipinski definition) is 0. The van der Waals surface area contributed by atoms with Crippen LogP contribution in [0.3, 0.4) is 0 Å². The number of aromatic nitrogens is 2. The molecule has 0 fully saturated rings. The Labute approximate surface area is 307 Å². The number of benzene rings is 5. The maximum atomic E-state index is 6.90. The Balaban J connectivity index is 1.35. The summed E-state index contributed by atoms with van der Waals surface area (Å²) < 4.78 is 9.32. The van der Waals surface area contributed by atoms with Crippen LogP contribution in [0.4, 0.5) is 0 Å². The Morgan fingerprint density at radius 3 is 1.98 bits per heavy atom. The fourth-order valence-electron chi connectivity index (χ4n) is 7.53. The maximum Gasteiger partial charge on any atom is 0.217 e. The average Bonchev–Trinajstić information content (AvgIpc) is 3.71. The second-order valence-corrected chi connectivity index (χ2v) is 16.5. The van der Waals surface area contributed by atoms with Crippen LogP contribution in [0.5, 0.6) is 0 Å². The molecule has 260 valence electrons. The highest BCUT2D eigenvalue weighted by Gasteiger charge is 2.35. The van der Waals surface area contributed by atoms with Gasteiger partial charge in [0.05, 0.1) is 16.7 Å². The standard InChI is InChI=1S/C48H47N3O/c1-30-19-20-42-39(23-30)40-24-31(2)38(41-28-35(21-22-49-41)47(3,4)5)29-43(40)51(42)37-26-34(25-36(27-37)48(6,7)8)46-50-44(32-15-11-9-12-16-32)45(52-46)33-17-13-10-14-18-33/h9-29,44-45H,1-8H3/t44-,45-/m1/s1. The van der Waals surface area contributed by atoms with E-state index in [0.717, 1.165) is 39.2 Å². The molecule has 5 aromatic carbocycles. The van der Waals surface area contributed by atoms with Crippen LogP contribution in [0.2, 0.25) is 0 Å². The van der Waals surface area contributed by atoms with E-state index >= 15 is 0 Å². The third-order valence-electron chi connectivity index (χ3n) is 10.5. The van der Waals surface area contributed by atoms with E-state index in [1.54, 1.807) is 0 Å². The van der Waals surface area contributed by atoms with Gasteiger partial charge < -0.3 is 9.30 Å². The van der Waals surface area contributed by atoms with E-state index in [-0.39, 0.29) is 23.0 Å². The molecule has 0 aliphatic carbocycles. The van der Waals surface area contributed by atoms with Crippen molar-refractivity contribution in [3.05, 3.63) is 166 Å². The van der Waals surface area contributed by atoms with Crippen LogP contribution in [-0.2, 0) is 15.6 Å². The number of nitrogens with zero attached hydrogens (tertiary/aromatic N) is 3. The zero-order valence-electron chi connectivity index (χ0n) is 31.5. The molecule has 4 nitrogen and oxygen atoms in total. The lowest BCUT2D eigenvalue weighted by Crippen LogP contribution is -2.15. The normalized spacial score (nSPS) is 16.3. The first-order valence-electron chi connectivity index (χ1n) is 18.4. The van der Waals surface area contributed by atoms with Gasteiger partial charge in [0.2, 0.25) is 5.90 Å². The number of aryl methyl sites for hydroxylation is 2. The number of aliphatic imine (C=N–C) groups is 1. The SMILES string of the molecule is Cc1ccc2c(c1)c1cc(C)c(-c3cc(C(C)(C)C)ccn3)cc1n2-c1cc(C2=N[C@H](c3ccccc3)[C@@H](c3ccccc3)O2)cc(C(C)(C)C)c1. The van der Waals surface area contributed by atoms with Crippen LogP contribution in [0.15, 0.2) is 133 Å². The molecule has 0 saturated heterocycles. The van der Waals surface area contributed by atoms with Crippen LogP contribution in [-0.4, -0.2) is 15.4 Å². The summed E-state index contributed by atoms with van der Waals surface area (Å²) in [5, 5.41) is 2.48. The Morgan fingerprint density at radius 2 is 1.29 bits per heavy atom. The van der Waals surface area contributed by atoms with Crippen LogP contribution in [0.25, 0.3) is 38.8 Å². The Hall–Kier alpha value is -5.48. The molecule has 0 bridgehead atoms. The van der Waals surface area contributed by atoms with E-state index in [9.17, 15) is 0 Å². The van der Waals surface area contributed by atoms with Gasteiger partial charge in [-0.2, -0.15) is 0 Å². The van der Waals surface area contributed by atoms with Gasteiger partial charge in [0.25, 0.3) is 0 Å². The number of rotatable bonds is 5. The molecule has 0 radical (unpaired) electrons. The van der Waals surface area contributed by atoms with Crippen molar-refractivity contribution in [3.8, 4) is 16.9 Å². The van der Waals surface area contributed by atoms with Gasteiger partial charge in [-0.3, -0.25) is 4.98 Å². The fourth-order valence-corrected chi connectivity index (χ4v) is 7.53. The summed E-state index contributed by atoms with van der Waals surface area (Å²) >= 11 is 0. The highest BCUT2D eigenvalue weighted by molar-refractivity contribution is 6.11. The van der Waals surface area contributed by atoms with E-state index in [2.05, 4.69) is 175 Å². The summed E-state index contributed by atoms with van der Waals surface area (Å²) in [5.74, 6) is 0.673. The summed E-state index contributed by atoms with van der Waals surface area (Å²) in [6, 6.07) is 43.6. The Bertz CT molecular complexity index is 2480. The van der Waals surface area contributed by atoms with Crippen LogP contribution in [0.1, 0.15) is 92.6 Å². The van der Waals surface area contributed by atoms with Gasteiger partial charge in [-0.05, 0) is 107 Å². The molecule has 52 heavy (non-hydrogen) atoms. The van der Waals surface area contributed by atoms with Crippen molar-refractivity contribution in [2.24, 2.45) is 4.99 Å². The summed E-state index contributed by atoms with van der Waals surface area (Å²) in [6.45, 7) is 18.0. The van der Waals surface area contributed by atoms with E-state index in [1.165, 1.54) is 38.5 Å². The molecule has 0 unspecified atom stereocenters. The first-order valence-corrected chi connectivity index (χ1v) is 18.4. The lowest BCUT2D eigenvalue weighted by Gasteiger charge is -2.23. The van der Waals surface area contributed by atoms with Gasteiger partial charge in [0.15, 0.2) is 6.10 Å². The van der Waals surface area contributed by atoms with Gasteiger partial charge >= 0.3 is 0 Å². The Kier molecular flexibility index (Phi) is 8.17. The molecule has 4 heteroatoms. The molecule has 1 aliphatic rings. The summed E-state index contributed by atoms with van der Waals surface area (Å²) in [4.78, 5) is 10.2. The topological polar surface area (TPSA) is 39.4 Å². The van der Waals surface area contributed by atoms with Gasteiger partial charge in [-0.15, -0.1) is 0 Å². The van der Waals surface area contributed by atoms with Gasteiger partial charge in [0, 0.05) is 33.8 Å².